The Balaban J connectivity index is 2.09. The van der Waals surface area contributed by atoms with Crippen molar-refractivity contribution in [3.05, 3.63) is 22.7 Å². The number of hydrogen-bond acceptors (Lipinski definition) is 4. The highest BCUT2D eigenvalue weighted by Crippen LogP contribution is 2.31. The third kappa shape index (κ3) is 3.14. The maximum absolute atomic E-state index is 9.50. The number of aliphatic hydroxyl groups excluding tert-OH is 1. The Bertz CT molecular complexity index is 431. The molecule has 6 heteroatoms. The van der Waals surface area contributed by atoms with E-state index in [1.54, 1.807) is 0 Å². The van der Waals surface area contributed by atoms with Gasteiger partial charge in [0.1, 0.15) is 6.34 Å². The van der Waals surface area contributed by atoms with Crippen molar-refractivity contribution < 1.29 is 10.3 Å². The summed E-state index contributed by atoms with van der Waals surface area (Å²) in [7, 11) is 0. The van der Waals surface area contributed by atoms with E-state index in [1.165, 1.54) is 6.34 Å². The van der Waals surface area contributed by atoms with Gasteiger partial charge in [-0.25, -0.2) is 0 Å². The van der Waals surface area contributed by atoms with Gasteiger partial charge in [0, 0.05) is 23.2 Å². The first-order chi connectivity index (χ1) is 8.70. The first-order valence-electron chi connectivity index (χ1n) is 5.85. The zero-order valence-corrected chi connectivity index (χ0v) is 11.5. The number of halogens is 1. The average molecular weight is 314 g/mol. The zero-order chi connectivity index (χ0) is 13.0. The number of rotatable bonds is 3. The minimum atomic E-state index is -0.165. The highest BCUT2D eigenvalue weighted by atomic mass is 79.9. The van der Waals surface area contributed by atoms with E-state index < -0.39 is 0 Å². The molecule has 98 valence electrons. The van der Waals surface area contributed by atoms with Crippen LogP contribution in [-0.2, 0) is 0 Å². The van der Waals surface area contributed by atoms with Crippen LogP contribution in [0.2, 0.25) is 0 Å². The van der Waals surface area contributed by atoms with Crippen LogP contribution in [-0.4, -0.2) is 35.8 Å². The summed E-state index contributed by atoms with van der Waals surface area (Å²) in [5, 5.41) is 23.6. The SMILES string of the molecule is O/N=C/Nc1ccc(N2CCC(O)CC2)c(Br)c1. The Hall–Kier alpha value is -1.27. The van der Waals surface area contributed by atoms with Crippen molar-refractivity contribution in [1.29, 1.82) is 0 Å². The van der Waals surface area contributed by atoms with Crippen LogP contribution in [0.25, 0.3) is 0 Å². The van der Waals surface area contributed by atoms with Crippen molar-refractivity contribution in [3.8, 4) is 0 Å². The Kier molecular flexibility index (Phi) is 4.43. The molecule has 5 nitrogen and oxygen atoms in total. The quantitative estimate of drug-likeness (QED) is 0.346. The minimum Gasteiger partial charge on any atom is -0.410 e. The largest absolute Gasteiger partial charge is 0.410 e. The third-order valence-electron chi connectivity index (χ3n) is 3.04. The Morgan fingerprint density at radius 2 is 2.11 bits per heavy atom. The second-order valence-corrected chi connectivity index (χ2v) is 5.13. The van der Waals surface area contributed by atoms with Crippen LogP contribution in [0.4, 0.5) is 11.4 Å². The van der Waals surface area contributed by atoms with Gasteiger partial charge in [-0.1, -0.05) is 5.16 Å². The van der Waals surface area contributed by atoms with Crippen LogP contribution < -0.4 is 10.2 Å². The van der Waals surface area contributed by atoms with Gasteiger partial charge >= 0.3 is 0 Å². The molecule has 1 aliphatic heterocycles. The maximum atomic E-state index is 9.50. The number of anilines is 2. The zero-order valence-electron chi connectivity index (χ0n) is 9.88. The standard InChI is InChI=1S/C12H16BrN3O2/c13-11-7-9(14-8-15-18)1-2-12(11)16-5-3-10(17)4-6-16/h1-2,7-8,10,17-18H,3-6H2,(H,14,15). The van der Waals surface area contributed by atoms with Gasteiger partial charge in [-0.15, -0.1) is 0 Å². The summed E-state index contributed by atoms with van der Waals surface area (Å²) in [6, 6.07) is 5.87. The molecule has 0 radical (unpaired) electrons. The molecule has 0 aliphatic carbocycles. The van der Waals surface area contributed by atoms with Gasteiger partial charge in [0.2, 0.25) is 0 Å². The lowest BCUT2D eigenvalue weighted by Crippen LogP contribution is -2.35. The smallest absolute Gasteiger partial charge is 0.132 e. The number of nitrogens with one attached hydrogen (secondary N) is 1. The van der Waals surface area contributed by atoms with E-state index in [1.807, 2.05) is 18.2 Å². The second-order valence-electron chi connectivity index (χ2n) is 4.27. The lowest BCUT2D eigenvalue weighted by atomic mass is 10.1. The minimum absolute atomic E-state index is 0.165. The molecule has 0 atom stereocenters. The Morgan fingerprint density at radius 3 is 2.72 bits per heavy atom. The molecular weight excluding hydrogens is 298 g/mol. The van der Waals surface area contributed by atoms with Crippen molar-refractivity contribution in [3.63, 3.8) is 0 Å². The topological polar surface area (TPSA) is 68.1 Å². The molecule has 0 unspecified atom stereocenters. The molecule has 0 saturated carbocycles. The van der Waals surface area contributed by atoms with Crippen LogP contribution in [0.15, 0.2) is 27.8 Å². The van der Waals surface area contributed by atoms with Crippen LogP contribution in [0, 0.1) is 0 Å². The van der Waals surface area contributed by atoms with Crippen LogP contribution >= 0.6 is 15.9 Å². The highest BCUT2D eigenvalue weighted by molar-refractivity contribution is 9.10. The summed E-state index contributed by atoms with van der Waals surface area (Å²) in [5.41, 5.74) is 1.97. The molecule has 1 aromatic rings. The van der Waals surface area contributed by atoms with Crippen LogP contribution in [0.3, 0.4) is 0 Å². The molecule has 1 aliphatic rings. The fourth-order valence-electron chi connectivity index (χ4n) is 2.06. The normalized spacial score (nSPS) is 17.3. The van der Waals surface area contributed by atoms with E-state index in [0.29, 0.717) is 0 Å². The lowest BCUT2D eigenvalue weighted by Gasteiger charge is -2.32. The summed E-state index contributed by atoms with van der Waals surface area (Å²) in [4.78, 5) is 2.25. The summed E-state index contributed by atoms with van der Waals surface area (Å²) >= 11 is 3.54. The third-order valence-corrected chi connectivity index (χ3v) is 3.68. The molecule has 0 amide bonds. The van der Waals surface area contributed by atoms with Gasteiger partial charge in [0.25, 0.3) is 0 Å². The fraction of sp³-hybridized carbons (Fsp3) is 0.417. The molecule has 3 N–H and O–H groups in total. The summed E-state index contributed by atoms with van der Waals surface area (Å²) < 4.78 is 0.982. The molecular formula is C12H16BrN3O2. The number of piperidine rings is 1. The summed E-state index contributed by atoms with van der Waals surface area (Å²) in [5.74, 6) is 0. The lowest BCUT2D eigenvalue weighted by molar-refractivity contribution is 0.145. The molecule has 0 spiro atoms. The molecule has 18 heavy (non-hydrogen) atoms. The molecule has 1 aromatic carbocycles. The van der Waals surface area contributed by atoms with E-state index >= 15 is 0 Å². The molecule has 1 heterocycles. The van der Waals surface area contributed by atoms with Gasteiger partial charge < -0.3 is 20.5 Å². The molecule has 0 aromatic heterocycles. The summed E-state index contributed by atoms with van der Waals surface area (Å²) in [6.45, 7) is 1.73. The van der Waals surface area contributed by atoms with E-state index in [2.05, 4.69) is 31.3 Å². The van der Waals surface area contributed by atoms with Crippen molar-refractivity contribution in [2.45, 2.75) is 18.9 Å². The predicted octanol–water partition coefficient (Wildman–Crippen LogP) is 2.24. The fourth-order valence-corrected chi connectivity index (χ4v) is 2.69. The monoisotopic (exact) mass is 313 g/mol. The van der Waals surface area contributed by atoms with Crippen LogP contribution in [0.5, 0.6) is 0 Å². The van der Waals surface area contributed by atoms with Gasteiger partial charge in [-0.2, -0.15) is 0 Å². The summed E-state index contributed by atoms with van der Waals surface area (Å²) in [6.07, 6.45) is 2.67. The molecule has 0 bridgehead atoms. The van der Waals surface area contributed by atoms with Crippen molar-refractivity contribution >= 4 is 33.6 Å². The Labute approximate surface area is 114 Å². The Morgan fingerprint density at radius 1 is 1.39 bits per heavy atom. The second kappa shape index (κ2) is 6.06. The van der Waals surface area contributed by atoms with Gasteiger partial charge in [0.15, 0.2) is 0 Å². The number of aliphatic hydroxyl groups is 1. The van der Waals surface area contributed by atoms with Crippen molar-refractivity contribution in [2.24, 2.45) is 5.16 Å². The van der Waals surface area contributed by atoms with Crippen LogP contribution in [0.1, 0.15) is 12.8 Å². The van der Waals surface area contributed by atoms with E-state index in [4.69, 9.17) is 5.21 Å². The molecule has 1 fully saturated rings. The van der Waals surface area contributed by atoms with E-state index in [9.17, 15) is 5.11 Å². The highest BCUT2D eigenvalue weighted by Gasteiger charge is 2.18. The number of hydrogen-bond donors (Lipinski definition) is 3. The number of benzene rings is 1. The van der Waals surface area contributed by atoms with Gasteiger partial charge in [-0.05, 0) is 47.0 Å². The van der Waals surface area contributed by atoms with Gasteiger partial charge in [0.05, 0.1) is 11.8 Å². The maximum Gasteiger partial charge on any atom is 0.132 e. The average Bonchev–Trinajstić information content (AvgIpc) is 2.38. The molecule has 2 rings (SSSR count). The van der Waals surface area contributed by atoms with E-state index in [0.717, 1.165) is 41.8 Å². The van der Waals surface area contributed by atoms with Crippen molar-refractivity contribution in [2.75, 3.05) is 23.3 Å². The van der Waals surface area contributed by atoms with E-state index in [-0.39, 0.29) is 6.10 Å². The number of oxime groups is 1. The first-order valence-corrected chi connectivity index (χ1v) is 6.65. The van der Waals surface area contributed by atoms with Crippen molar-refractivity contribution in [1.82, 2.24) is 0 Å². The number of nitrogens with zero attached hydrogens (tertiary/aromatic N) is 2. The molecule has 1 saturated heterocycles. The van der Waals surface area contributed by atoms with Gasteiger partial charge in [-0.3, -0.25) is 0 Å². The predicted molar refractivity (Wildman–Crippen MR) is 75.5 cm³/mol. The first kappa shape index (κ1) is 13.2.